The zero-order chi connectivity index (χ0) is 25.2. The molecule has 0 aliphatic heterocycles. The van der Waals surface area contributed by atoms with Crippen LogP contribution in [0.2, 0.25) is 0 Å². The molecule has 0 atom stereocenters. The first-order valence-electron chi connectivity index (χ1n) is 11.8. The summed E-state index contributed by atoms with van der Waals surface area (Å²) in [7, 11) is 1.44. The highest BCUT2D eigenvalue weighted by Crippen LogP contribution is 2.30. The molecule has 2 N–H and O–H groups in total. The van der Waals surface area contributed by atoms with Crippen molar-refractivity contribution in [3.63, 3.8) is 0 Å². The van der Waals surface area contributed by atoms with Crippen LogP contribution in [0.3, 0.4) is 0 Å². The van der Waals surface area contributed by atoms with Crippen LogP contribution < -0.4 is 10.6 Å². The fraction of sp³-hybridized carbons (Fsp3) is 0.480. The van der Waals surface area contributed by atoms with Crippen molar-refractivity contribution in [1.29, 1.82) is 0 Å². The van der Waals surface area contributed by atoms with Gasteiger partial charge in [0, 0.05) is 35.5 Å². The summed E-state index contributed by atoms with van der Waals surface area (Å²) in [6.07, 6.45) is 4.44. The lowest BCUT2D eigenvalue weighted by atomic mass is 9.86. The van der Waals surface area contributed by atoms with E-state index in [0.717, 1.165) is 36.6 Å². The topological polar surface area (TPSA) is 120 Å². The highest BCUT2D eigenvalue weighted by molar-refractivity contribution is 5.91. The van der Waals surface area contributed by atoms with Crippen molar-refractivity contribution in [2.45, 2.75) is 65.0 Å². The summed E-state index contributed by atoms with van der Waals surface area (Å²) >= 11 is 0. The Bertz CT molecular complexity index is 1220. The van der Waals surface area contributed by atoms with Gasteiger partial charge in [0.1, 0.15) is 17.2 Å². The predicted molar refractivity (Wildman–Crippen MR) is 133 cm³/mol. The van der Waals surface area contributed by atoms with Gasteiger partial charge in [-0.05, 0) is 65.5 Å². The third kappa shape index (κ3) is 5.87. The fourth-order valence-electron chi connectivity index (χ4n) is 4.24. The van der Waals surface area contributed by atoms with Gasteiger partial charge < -0.3 is 20.1 Å². The SMILES string of the molecule is COC(=O)[C@H]1CC[C@H](Nc2nc(Nc3cc(C)n(C(=O)OC(C)(C)C)n3)cc3ncccc23)CC1. The summed E-state index contributed by atoms with van der Waals surface area (Å²) in [5, 5.41) is 12.0. The molecule has 0 unspecified atom stereocenters. The van der Waals surface area contributed by atoms with Gasteiger partial charge >= 0.3 is 12.1 Å². The number of nitrogens with zero attached hydrogens (tertiary/aromatic N) is 4. The molecule has 3 aromatic heterocycles. The van der Waals surface area contributed by atoms with Gasteiger partial charge in [-0.25, -0.2) is 9.78 Å². The van der Waals surface area contributed by atoms with Crippen molar-refractivity contribution in [1.82, 2.24) is 19.7 Å². The molecule has 1 aliphatic carbocycles. The number of carbonyl (C=O) groups is 2. The molecule has 0 radical (unpaired) electrons. The molecule has 1 saturated carbocycles. The van der Waals surface area contributed by atoms with Gasteiger partial charge in [-0.1, -0.05) is 0 Å². The van der Waals surface area contributed by atoms with Crippen LogP contribution in [-0.4, -0.2) is 50.6 Å². The van der Waals surface area contributed by atoms with Crippen molar-refractivity contribution < 1.29 is 19.1 Å². The summed E-state index contributed by atoms with van der Waals surface area (Å²) in [5.74, 6) is 1.56. The molecule has 3 aromatic rings. The lowest BCUT2D eigenvalue weighted by molar-refractivity contribution is -0.146. The molecule has 10 nitrogen and oxygen atoms in total. The predicted octanol–water partition coefficient (Wildman–Crippen LogP) is 4.81. The normalized spacial score (nSPS) is 18.2. The Morgan fingerprint density at radius 2 is 1.86 bits per heavy atom. The van der Waals surface area contributed by atoms with Gasteiger partial charge in [-0.15, -0.1) is 5.10 Å². The molecule has 3 heterocycles. The molecule has 0 saturated heterocycles. The van der Waals surface area contributed by atoms with Crippen LogP contribution in [0.4, 0.5) is 22.2 Å². The highest BCUT2D eigenvalue weighted by atomic mass is 16.6. The third-order valence-electron chi connectivity index (χ3n) is 5.91. The van der Waals surface area contributed by atoms with E-state index in [0.29, 0.717) is 23.1 Å². The maximum Gasteiger partial charge on any atom is 0.435 e. The summed E-state index contributed by atoms with van der Waals surface area (Å²) in [4.78, 5) is 33.6. The maximum absolute atomic E-state index is 12.5. The van der Waals surface area contributed by atoms with E-state index in [9.17, 15) is 9.59 Å². The Morgan fingerprint density at radius 1 is 1.11 bits per heavy atom. The number of methoxy groups -OCH3 is 1. The molecule has 0 bridgehead atoms. The molecule has 4 rings (SSSR count). The molecule has 186 valence electrons. The quantitative estimate of drug-likeness (QED) is 0.496. The second-order valence-electron chi connectivity index (χ2n) is 9.83. The summed E-state index contributed by atoms with van der Waals surface area (Å²) in [6, 6.07) is 7.65. The molecule has 0 aromatic carbocycles. The van der Waals surface area contributed by atoms with Gasteiger partial charge in [-0.3, -0.25) is 9.78 Å². The zero-order valence-corrected chi connectivity index (χ0v) is 20.8. The lowest BCUT2D eigenvalue weighted by Crippen LogP contribution is -2.30. The smallest absolute Gasteiger partial charge is 0.435 e. The zero-order valence-electron chi connectivity index (χ0n) is 20.8. The number of fused-ring (bicyclic) bond motifs is 1. The van der Waals surface area contributed by atoms with E-state index in [2.05, 4.69) is 20.7 Å². The second-order valence-corrected chi connectivity index (χ2v) is 9.83. The minimum absolute atomic E-state index is 0.0410. The third-order valence-corrected chi connectivity index (χ3v) is 5.91. The average molecular weight is 481 g/mol. The Kier molecular flexibility index (Phi) is 6.90. The first kappa shape index (κ1) is 24.4. The fourth-order valence-corrected chi connectivity index (χ4v) is 4.24. The number of hydrogen-bond donors (Lipinski definition) is 2. The number of anilines is 3. The molecule has 0 spiro atoms. The van der Waals surface area contributed by atoms with Crippen LogP contribution in [0.25, 0.3) is 10.9 Å². The lowest BCUT2D eigenvalue weighted by Gasteiger charge is -2.28. The van der Waals surface area contributed by atoms with E-state index in [-0.39, 0.29) is 17.9 Å². The summed E-state index contributed by atoms with van der Waals surface area (Å²) < 4.78 is 11.6. The van der Waals surface area contributed by atoms with E-state index < -0.39 is 11.7 Å². The Balaban J connectivity index is 1.54. The minimum Gasteiger partial charge on any atom is -0.469 e. The van der Waals surface area contributed by atoms with Crippen molar-refractivity contribution in [3.05, 3.63) is 36.2 Å². The maximum atomic E-state index is 12.5. The number of esters is 1. The molecular formula is C25H32N6O4. The number of carbonyl (C=O) groups excluding carboxylic acids is 2. The molecule has 1 fully saturated rings. The number of rotatable bonds is 5. The number of ether oxygens (including phenoxy) is 2. The highest BCUT2D eigenvalue weighted by Gasteiger charge is 2.27. The molecule has 0 amide bonds. The standard InChI is InChI=1S/C25H32N6O4/c1-15-13-21(30-31(15)24(33)35-25(2,3)4)28-20-14-19-18(7-6-12-26-19)22(29-20)27-17-10-8-16(9-11-17)23(32)34-5/h6-7,12-14,16-17H,8-11H2,1-5H3,(H2,27,28,29,30)/t16-,17-. The van der Waals surface area contributed by atoms with E-state index in [1.54, 1.807) is 19.2 Å². The minimum atomic E-state index is -0.620. The van der Waals surface area contributed by atoms with Crippen LogP contribution in [0.15, 0.2) is 30.5 Å². The van der Waals surface area contributed by atoms with Gasteiger partial charge in [0.05, 0.1) is 18.5 Å². The number of hydrogen-bond acceptors (Lipinski definition) is 9. The van der Waals surface area contributed by atoms with Gasteiger partial charge in [-0.2, -0.15) is 4.68 Å². The van der Waals surface area contributed by atoms with Crippen molar-refractivity contribution in [3.8, 4) is 0 Å². The first-order valence-corrected chi connectivity index (χ1v) is 11.8. The summed E-state index contributed by atoms with van der Waals surface area (Å²) in [6.45, 7) is 7.22. The van der Waals surface area contributed by atoms with E-state index in [1.165, 1.54) is 11.8 Å². The average Bonchev–Trinajstić information content (AvgIpc) is 3.18. The van der Waals surface area contributed by atoms with Crippen LogP contribution in [-0.2, 0) is 14.3 Å². The Hall–Kier alpha value is -3.69. The van der Waals surface area contributed by atoms with Gasteiger partial charge in [0.25, 0.3) is 0 Å². The largest absolute Gasteiger partial charge is 0.469 e. The monoisotopic (exact) mass is 480 g/mol. The van der Waals surface area contributed by atoms with Gasteiger partial charge in [0.15, 0.2) is 5.82 Å². The van der Waals surface area contributed by atoms with Gasteiger partial charge in [0.2, 0.25) is 0 Å². The second kappa shape index (κ2) is 9.89. The molecule has 10 heteroatoms. The van der Waals surface area contributed by atoms with Crippen molar-refractivity contribution >= 4 is 40.4 Å². The van der Waals surface area contributed by atoms with Crippen LogP contribution in [0.1, 0.15) is 52.1 Å². The van der Waals surface area contributed by atoms with E-state index >= 15 is 0 Å². The number of nitrogens with one attached hydrogen (secondary N) is 2. The number of pyridine rings is 2. The van der Waals surface area contributed by atoms with Crippen LogP contribution in [0, 0.1) is 12.8 Å². The van der Waals surface area contributed by atoms with Crippen LogP contribution in [0.5, 0.6) is 0 Å². The number of aryl methyl sites for hydroxylation is 1. The van der Waals surface area contributed by atoms with E-state index in [4.69, 9.17) is 14.5 Å². The Morgan fingerprint density at radius 3 is 2.54 bits per heavy atom. The summed E-state index contributed by atoms with van der Waals surface area (Å²) in [5.41, 5.74) is 0.797. The Labute approximate surface area is 204 Å². The van der Waals surface area contributed by atoms with Crippen molar-refractivity contribution in [2.75, 3.05) is 17.7 Å². The molecular weight excluding hydrogens is 448 g/mol. The number of aromatic nitrogens is 4. The van der Waals surface area contributed by atoms with E-state index in [1.807, 2.05) is 39.0 Å². The molecule has 1 aliphatic rings. The first-order chi connectivity index (χ1) is 16.6. The van der Waals surface area contributed by atoms with Crippen molar-refractivity contribution in [2.24, 2.45) is 5.92 Å². The molecule has 35 heavy (non-hydrogen) atoms. The van der Waals surface area contributed by atoms with Crippen LogP contribution >= 0.6 is 0 Å².